The Hall–Kier alpha value is -3.87. The van der Waals surface area contributed by atoms with E-state index in [9.17, 15) is 38.2 Å². The number of thiazole rings is 1. The minimum atomic E-state index is -4.53. The molecule has 1 amide bonds. The molecule has 160 valence electrons. The Balaban J connectivity index is 1.90. The summed E-state index contributed by atoms with van der Waals surface area (Å²) in [6, 6.07) is 6.12. The lowest BCUT2D eigenvalue weighted by atomic mass is 10.0. The Kier molecular flexibility index (Phi) is 5.71. The van der Waals surface area contributed by atoms with E-state index in [0.29, 0.717) is 0 Å². The van der Waals surface area contributed by atoms with Gasteiger partial charge < -0.3 is 0 Å². The zero-order chi connectivity index (χ0) is 22.9. The number of rotatable bonds is 5. The molecule has 0 aliphatic rings. The first-order valence-electron chi connectivity index (χ1n) is 8.35. The monoisotopic (exact) mass is 452 g/mol. The fraction of sp³-hybridized carbons (Fsp3) is 0.111. The molecule has 2 aromatic carbocycles. The van der Waals surface area contributed by atoms with Crippen molar-refractivity contribution in [2.24, 2.45) is 0 Å². The standard InChI is InChI=1S/C18H11F3N4O5S/c1-9-13(6-12(24(27)28)7-15(9)25(29)30)16(26)23-17-22-14(8-31-17)10-3-2-4-11(5-10)18(19,20)21/h2-8H,1H3,(H,22,23,26). The number of aromatic nitrogens is 1. The summed E-state index contributed by atoms with van der Waals surface area (Å²) in [5.74, 6) is -0.880. The smallest absolute Gasteiger partial charge is 0.298 e. The van der Waals surface area contributed by atoms with Gasteiger partial charge in [-0.1, -0.05) is 12.1 Å². The quantitative estimate of drug-likeness (QED) is 0.418. The molecular formula is C18H11F3N4O5S. The molecule has 0 aliphatic carbocycles. The van der Waals surface area contributed by atoms with Crippen molar-refractivity contribution in [1.82, 2.24) is 4.98 Å². The van der Waals surface area contributed by atoms with Gasteiger partial charge in [0.2, 0.25) is 0 Å². The van der Waals surface area contributed by atoms with E-state index in [-0.39, 0.29) is 27.5 Å². The van der Waals surface area contributed by atoms with Crippen LogP contribution in [0.15, 0.2) is 41.8 Å². The fourth-order valence-electron chi connectivity index (χ4n) is 2.70. The molecule has 0 atom stereocenters. The Morgan fingerprint density at radius 2 is 1.84 bits per heavy atom. The highest BCUT2D eigenvalue weighted by atomic mass is 32.1. The zero-order valence-corrected chi connectivity index (χ0v) is 16.3. The van der Waals surface area contributed by atoms with Crippen LogP contribution >= 0.6 is 11.3 Å². The fourth-order valence-corrected chi connectivity index (χ4v) is 3.41. The van der Waals surface area contributed by atoms with Crippen molar-refractivity contribution in [2.45, 2.75) is 13.1 Å². The number of nitro benzene ring substituents is 2. The van der Waals surface area contributed by atoms with Crippen LogP contribution in [0.1, 0.15) is 21.5 Å². The first-order valence-corrected chi connectivity index (χ1v) is 9.23. The van der Waals surface area contributed by atoms with Gasteiger partial charge in [-0.25, -0.2) is 4.98 Å². The van der Waals surface area contributed by atoms with E-state index in [4.69, 9.17) is 0 Å². The van der Waals surface area contributed by atoms with E-state index in [1.165, 1.54) is 24.4 Å². The number of alkyl halides is 3. The number of hydrogen-bond donors (Lipinski definition) is 1. The van der Waals surface area contributed by atoms with E-state index in [2.05, 4.69) is 10.3 Å². The molecule has 0 bridgehead atoms. The molecular weight excluding hydrogens is 441 g/mol. The largest absolute Gasteiger partial charge is 0.416 e. The second kappa shape index (κ2) is 8.10. The lowest BCUT2D eigenvalue weighted by Gasteiger charge is -2.07. The maximum atomic E-state index is 12.9. The maximum absolute atomic E-state index is 12.9. The van der Waals surface area contributed by atoms with Crippen LogP contribution < -0.4 is 5.32 Å². The highest BCUT2D eigenvalue weighted by Gasteiger charge is 2.30. The molecule has 0 saturated carbocycles. The third kappa shape index (κ3) is 4.66. The molecule has 0 radical (unpaired) electrons. The van der Waals surface area contributed by atoms with Crippen LogP contribution in [0.5, 0.6) is 0 Å². The van der Waals surface area contributed by atoms with Crippen molar-refractivity contribution < 1.29 is 27.8 Å². The Labute approximate surface area is 175 Å². The van der Waals surface area contributed by atoms with Crippen LogP contribution in [-0.2, 0) is 6.18 Å². The van der Waals surface area contributed by atoms with Crippen LogP contribution in [0.2, 0.25) is 0 Å². The van der Waals surface area contributed by atoms with Crippen LogP contribution in [-0.4, -0.2) is 20.7 Å². The van der Waals surface area contributed by atoms with Gasteiger partial charge in [-0.2, -0.15) is 13.2 Å². The number of nitro groups is 2. The summed E-state index contributed by atoms with van der Waals surface area (Å²) < 4.78 is 38.7. The molecule has 0 spiro atoms. The molecule has 1 N–H and O–H groups in total. The highest BCUT2D eigenvalue weighted by molar-refractivity contribution is 7.14. The summed E-state index contributed by atoms with van der Waals surface area (Å²) in [5, 5.41) is 26.0. The highest BCUT2D eigenvalue weighted by Crippen LogP contribution is 2.33. The molecule has 3 aromatic rings. The van der Waals surface area contributed by atoms with Crippen LogP contribution in [0.4, 0.5) is 29.7 Å². The number of benzene rings is 2. The van der Waals surface area contributed by atoms with Gasteiger partial charge in [0.05, 0.1) is 32.7 Å². The molecule has 31 heavy (non-hydrogen) atoms. The van der Waals surface area contributed by atoms with Gasteiger partial charge in [-0.05, 0) is 19.1 Å². The summed E-state index contributed by atoms with van der Waals surface area (Å²) in [7, 11) is 0. The lowest BCUT2D eigenvalue weighted by molar-refractivity contribution is -0.394. The Bertz CT molecular complexity index is 1210. The minimum Gasteiger partial charge on any atom is -0.298 e. The van der Waals surface area contributed by atoms with Crippen LogP contribution in [0.3, 0.4) is 0 Å². The van der Waals surface area contributed by atoms with Crippen molar-refractivity contribution in [1.29, 1.82) is 0 Å². The van der Waals surface area contributed by atoms with Gasteiger partial charge in [-0.3, -0.25) is 30.3 Å². The van der Waals surface area contributed by atoms with Crippen LogP contribution in [0.25, 0.3) is 11.3 Å². The van der Waals surface area contributed by atoms with Crippen molar-refractivity contribution >= 4 is 33.8 Å². The first-order chi connectivity index (χ1) is 14.5. The second-order valence-electron chi connectivity index (χ2n) is 6.22. The minimum absolute atomic E-state index is 0.00553. The predicted molar refractivity (Wildman–Crippen MR) is 105 cm³/mol. The van der Waals surface area contributed by atoms with E-state index >= 15 is 0 Å². The first kappa shape index (κ1) is 21.8. The van der Waals surface area contributed by atoms with Crippen molar-refractivity contribution in [3.05, 3.63) is 78.7 Å². The zero-order valence-electron chi connectivity index (χ0n) is 15.5. The van der Waals surface area contributed by atoms with Gasteiger partial charge in [-0.15, -0.1) is 11.3 Å². The maximum Gasteiger partial charge on any atom is 0.416 e. The Morgan fingerprint density at radius 1 is 1.13 bits per heavy atom. The summed E-state index contributed by atoms with van der Waals surface area (Å²) >= 11 is 0.916. The normalized spacial score (nSPS) is 11.2. The van der Waals surface area contributed by atoms with E-state index < -0.39 is 38.9 Å². The number of nitrogens with zero attached hydrogens (tertiary/aromatic N) is 3. The van der Waals surface area contributed by atoms with Crippen molar-refractivity contribution in [3.63, 3.8) is 0 Å². The molecule has 0 unspecified atom stereocenters. The summed E-state index contributed by atoms with van der Waals surface area (Å²) in [4.78, 5) is 37.1. The molecule has 3 rings (SSSR count). The predicted octanol–water partition coefficient (Wildman–Crippen LogP) is 5.21. The summed E-state index contributed by atoms with van der Waals surface area (Å²) in [6.45, 7) is 1.27. The molecule has 1 aromatic heterocycles. The van der Waals surface area contributed by atoms with Gasteiger partial charge in [0.25, 0.3) is 17.3 Å². The van der Waals surface area contributed by atoms with Crippen molar-refractivity contribution in [3.8, 4) is 11.3 Å². The van der Waals surface area contributed by atoms with E-state index in [1.807, 2.05) is 0 Å². The molecule has 0 fully saturated rings. The average molecular weight is 452 g/mol. The van der Waals surface area contributed by atoms with Gasteiger partial charge in [0.1, 0.15) is 0 Å². The molecule has 9 nitrogen and oxygen atoms in total. The van der Waals surface area contributed by atoms with E-state index in [0.717, 1.165) is 35.6 Å². The number of carbonyl (C=O) groups excluding carboxylic acids is 1. The lowest BCUT2D eigenvalue weighted by Crippen LogP contribution is -2.14. The second-order valence-corrected chi connectivity index (χ2v) is 7.08. The van der Waals surface area contributed by atoms with Gasteiger partial charge in [0, 0.05) is 22.6 Å². The third-order valence-corrected chi connectivity index (χ3v) is 4.99. The number of anilines is 1. The molecule has 0 saturated heterocycles. The average Bonchev–Trinajstić information content (AvgIpc) is 3.15. The number of carbonyl (C=O) groups is 1. The van der Waals surface area contributed by atoms with Gasteiger partial charge in [0.15, 0.2) is 5.13 Å². The van der Waals surface area contributed by atoms with Crippen LogP contribution in [0, 0.1) is 27.2 Å². The van der Waals surface area contributed by atoms with E-state index in [1.54, 1.807) is 0 Å². The van der Waals surface area contributed by atoms with Gasteiger partial charge >= 0.3 is 6.18 Å². The molecule has 0 aliphatic heterocycles. The summed E-state index contributed by atoms with van der Waals surface area (Å²) in [6.07, 6.45) is -4.53. The number of non-ortho nitro benzene ring substituents is 1. The molecule has 1 heterocycles. The number of hydrogen-bond acceptors (Lipinski definition) is 7. The SMILES string of the molecule is Cc1c(C(=O)Nc2nc(-c3cccc(C(F)(F)F)c3)cs2)cc([N+](=O)[O-])cc1[N+](=O)[O-]. The number of amides is 1. The van der Waals surface area contributed by atoms with Crippen molar-refractivity contribution in [2.75, 3.05) is 5.32 Å². The topological polar surface area (TPSA) is 128 Å². The number of nitrogens with one attached hydrogen (secondary N) is 1. The number of halogens is 3. The Morgan fingerprint density at radius 3 is 2.45 bits per heavy atom. The molecule has 13 heteroatoms. The third-order valence-electron chi connectivity index (χ3n) is 4.23. The summed E-state index contributed by atoms with van der Waals surface area (Å²) in [5.41, 5.74) is -2.11.